The van der Waals surface area contributed by atoms with Crippen molar-refractivity contribution in [2.45, 2.75) is 20.4 Å². The van der Waals surface area contributed by atoms with E-state index in [-0.39, 0.29) is 12.5 Å². The molecule has 1 amide bonds. The lowest BCUT2D eigenvalue weighted by Gasteiger charge is -2.07. The first-order valence-corrected chi connectivity index (χ1v) is 8.73. The molecule has 1 aromatic carbocycles. The number of imidazole rings is 1. The average Bonchev–Trinajstić information content (AvgIpc) is 3.30. The first-order chi connectivity index (χ1) is 13.6. The highest BCUT2D eigenvalue weighted by Crippen LogP contribution is 2.21. The van der Waals surface area contributed by atoms with Crippen molar-refractivity contribution in [2.24, 2.45) is 0 Å². The number of nitrogens with zero attached hydrogens (tertiary/aromatic N) is 5. The highest BCUT2D eigenvalue weighted by molar-refractivity contribution is 5.90. The lowest BCUT2D eigenvalue weighted by atomic mass is 10.2. The van der Waals surface area contributed by atoms with Crippen molar-refractivity contribution < 1.29 is 9.32 Å². The molecule has 0 atom stereocenters. The molecule has 28 heavy (non-hydrogen) atoms. The third-order valence-electron chi connectivity index (χ3n) is 4.16. The Hall–Kier alpha value is -3.81. The summed E-state index contributed by atoms with van der Waals surface area (Å²) in [6.07, 6.45) is 5.06. The lowest BCUT2D eigenvalue weighted by Crippen LogP contribution is -2.19. The van der Waals surface area contributed by atoms with E-state index in [2.05, 4.69) is 25.4 Å². The van der Waals surface area contributed by atoms with Gasteiger partial charge in [-0.3, -0.25) is 9.78 Å². The minimum absolute atomic E-state index is 0.137. The van der Waals surface area contributed by atoms with Gasteiger partial charge in [0, 0.05) is 24.3 Å². The second-order valence-corrected chi connectivity index (χ2v) is 6.38. The predicted octanol–water partition coefficient (Wildman–Crippen LogP) is 3.25. The van der Waals surface area contributed by atoms with Gasteiger partial charge >= 0.3 is 0 Å². The molecule has 4 aromatic rings. The first-order valence-electron chi connectivity index (χ1n) is 8.73. The number of aryl methyl sites for hydroxylation is 2. The average molecular weight is 374 g/mol. The molecule has 3 heterocycles. The summed E-state index contributed by atoms with van der Waals surface area (Å²) in [5, 5.41) is 6.87. The summed E-state index contributed by atoms with van der Waals surface area (Å²) in [7, 11) is 0. The van der Waals surface area contributed by atoms with Crippen LogP contribution in [0.2, 0.25) is 0 Å². The molecular formula is C20H18N6O2. The van der Waals surface area contributed by atoms with Crippen LogP contribution in [-0.2, 0) is 11.3 Å². The zero-order valence-corrected chi connectivity index (χ0v) is 15.5. The molecule has 140 valence electrons. The number of carbonyl (C=O) groups is 1. The predicted molar refractivity (Wildman–Crippen MR) is 103 cm³/mol. The van der Waals surface area contributed by atoms with Crippen LogP contribution in [0.4, 0.5) is 5.69 Å². The molecule has 0 bridgehead atoms. The van der Waals surface area contributed by atoms with Crippen LogP contribution in [0.1, 0.15) is 11.4 Å². The van der Waals surface area contributed by atoms with Gasteiger partial charge in [0.15, 0.2) is 0 Å². The van der Waals surface area contributed by atoms with Crippen molar-refractivity contribution >= 4 is 11.6 Å². The molecule has 0 unspecified atom stereocenters. The van der Waals surface area contributed by atoms with Crippen LogP contribution in [0, 0.1) is 13.8 Å². The van der Waals surface area contributed by atoms with Crippen LogP contribution in [0.5, 0.6) is 0 Å². The van der Waals surface area contributed by atoms with Crippen molar-refractivity contribution in [2.75, 3.05) is 5.32 Å². The van der Waals surface area contributed by atoms with E-state index in [0.717, 1.165) is 16.8 Å². The molecule has 1 N–H and O–H groups in total. The van der Waals surface area contributed by atoms with Crippen LogP contribution >= 0.6 is 0 Å². The number of aromatic nitrogens is 5. The number of amides is 1. The number of benzene rings is 1. The van der Waals surface area contributed by atoms with Crippen LogP contribution in [-0.4, -0.2) is 30.6 Å². The molecule has 8 nitrogen and oxygen atoms in total. The van der Waals surface area contributed by atoms with Crippen molar-refractivity contribution in [3.8, 4) is 23.0 Å². The number of hydrogen-bond donors (Lipinski definition) is 1. The van der Waals surface area contributed by atoms with Gasteiger partial charge in [0.25, 0.3) is 5.89 Å². The van der Waals surface area contributed by atoms with Crippen molar-refractivity contribution in [1.29, 1.82) is 0 Å². The number of carbonyl (C=O) groups excluding carboxylic acids is 1. The van der Waals surface area contributed by atoms with Gasteiger partial charge in [0.2, 0.25) is 11.7 Å². The highest BCUT2D eigenvalue weighted by Gasteiger charge is 2.16. The number of hydrogen-bond acceptors (Lipinski definition) is 6. The van der Waals surface area contributed by atoms with E-state index in [9.17, 15) is 4.79 Å². The fourth-order valence-corrected chi connectivity index (χ4v) is 2.79. The molecule has 0 aliphatic heterocycles. The van der Waals surface area contributed by atoms with Crippen LogP contribution in [0.3, 0.4) is 0 Å². The Morgan fingerprint density at radius 2 is 2.07 bits per heavy atom. The van der Waals surface area contributed by atoms with Gasteiger partial charge in [-0.25, -0.2) is 4.98 Å². The lowest BCUT2D eigenvalue weighted by molar-refractivity contribution is -0.116. The highest BCUT2D eigenvalue weighted by atomic mass is 16.5. The normalized spacial score (nSPS) is 10.8. The molecule has 0 aliphatic carbocycles. The standard InChI is InChI=1S/C20H18N6O2/c1-13-5-3-7-16(9-13)23-18(27)12-26-11-17(22-14(26)2)19-24-20(28-25-19)15-6-4-8-21-10-15/h3-11H,12H2,1-2H3,(H,23,27). The largest absolute Gasteiger partial charge is 0.333 e. The van der Waals surface area contributed by atoms with Crippen LogP contribution < -0.4 is 5.32 Å². The molecule has 0 spiro atoms. The van der Waals surface area contributed by atoms with E-state index >= 15 is 0 Å². The molecular weight excluding hydrogens is 356 g/mol. The Balaban J connectivity index is 1.49. The van der Waals surface area contributed by atoms with Gasteiger partial charge in [0.1, 0.15) is 18.1 Å². The Bertz CT molecular complexity index is 1120. The zero-order chi connectivity index (χ0) is 19.5. The minimum Gasteiger partial charge on any atom is -0.333 e. The fraction of sp³-hybridized carbons (Fsp3) is 0.150. The molecule has 0 fully saturated rings. The molecule has 0 saturated carbocycles. The summed E-state index contributed by atoms with van der Waals surface area (Å²) >= 11 is 0. The quantitative estimate of drug-likeness (QED) is 0.576. The second-order valence-electron chi connectivity index (χ2n) is 6.38. The Kier molecular flexibility index (Phi) is 4.67. The van der Waals surface area contributed by atoms with Gasteiger partial charge in [-0.15, -0.1) is 0 Å². The maximum Gasteiger partial charge on any atom is 0.259 e. The Morgan fingerprint density at radius 3 is 2.86 bits per heavy atom. The Morgan fingerprint density at radius 1 is 1.18 bits per heavy atom. The summed E-state index contributed by atoms with van der Waals surface area (Å²) in [6, 6.07) is 11.3. The number of nitrogens with one attached hydrogen (secondary N) is 1. The summed E-state index contributed by atoms with van der Waals surface area (Å²) < 4.78 is 7.05. The van der Waals surface area contributed by atoms with Gasteiger partial charge in [0.05, 0.1) is 5.56 Å². The first kappa shape index (κ1) is 17.6. The van der Waals surface area contributed by atoms with Gasteiger partial charge in [-0.05, 0) is 43.7 Å². The summed E-state index contributed by atoms with van der Waals surface area (Å²) in [6.45, 7) is 3.94. The molecule has 0 aliphatic rings. The van der Waals surface area contributed by atoms with E-state index in [1.54, 1.807) is 29.2 Å². The smallest absolute Gasteiger partial charge is 0.259 e. The van der Waals surface area contributed by atoms with Crippen LogP contribution in [0.15, 0.2) is 59.5 Å². The second kappa shape index (κ2) is 7.43. The SMILES string of the molecule is Cc1cccc(NC(=O)Cn2cc(-c3noc(-c4cccnc4)n3)nc2C)c1. The molecule has 3 aromatic heterocycles. The van der Waals surface area contributed by atoms with E-state index in [1.807, 2.05) is 44.2 Å². The molecule has 0 saturated heterocycles. The molecule has 0 radical (unpaired) electrons. The maximum absolute atomic E-state index is 12.4. The van der Waals surface area contributed by atoms with Crippen molar-refractivity contribution in [3.63, 3.8) is 0 Å². The minimum atomic E-state index is -0.137. The van der Waals surface area contributed by atoms with Gasteiger partial charge < -0.3 is 14.4 Å². The summed E-state index contributed by atoms with van der Waals surface area (Å²) in [4.78, 5) is 25.2. The van der Waals surface area contributed by atoms with E-state index < -0.39 is 0 Å². The topological polar surface area (TPSA) is 98.7 Å². The number of anilines is 1. The maximum atomic E-state index is 12.4. The number of pyridine rings is 1. The van der Waals surface area contributed by atoms with Crippen LogP contribution in [0.25, 0.3) is 23.0 Å². The third kappa shape index (κ3) is 3.80. The fourth-order valence-electron chi connectivity index (χ4n) is 2.79. The van der Waals surface area contributed by atoms with E-state index in [0.29, 0.717) is 23.2 Å². The number of rotatable bonds is 5. The summed E-state index contributed by atoms with van der Waals surface area (Å²) in [5.41, 5.74) is 3.12. The van der Waals surface area contributed by atoms with Crippen molar-refractivity contribution in [3.05, 3.63) is 66.4 Å². The Labute approximate surface area is 161 Å². The summed E-state index contributed by atoms with van der Waals surface area (Å²) in [5.74, 6) is 1.27. The monoisotopic (exact) mass is 374 g/mol. The zero-order valence-electron chi connectivity index (χ0n) is 15.5. The van der Waals surface area contributed by atoms with E-state index in [4.69, 9.17) is 4.52 Å². The third-order valence-corrected chi connectivity index (χ3v) is 4.16. The van der Waals surface area contributed by atoms with E-state index in [1.165, 1.54) is 0 Å². The molecule has 4 rings (SSSR count). The molecule has 8 heteroatoms. The van der Waals surface area contributed by atoms with Crippen molar-refractivity contribution in [1.82, 2.24) is 24.7 Å². The van der Waals surface area contributed by atoms with Gasteiger partial charge in [-0.2, -0.15) is 4.98 Å². The van der Waals surface area contributed by atoms with Gasteiger partial charge in [-0.1, -0.05) is 17.3 Å².